The maximum Gasteiger partial charge on any atom is 0.256 e. The number of carbonyl (C=O) groups is 2. The molecule has 3 rings (SSSR count). The third-order valence-electron chi connectivity index (χ3n) is 3.84. The van der Waals surface area contributed by atoms with E-state index < -0.39 is 0 Å². The Labute approximate surface area is 148 Å². The van der Waals surface area contributed by atoms with E-state index in [0.717, 1.165) is 37.7 Å². The number of thioether (sulfide) groups is 1. The lowest BCUT2D eigenvalue weighted by molar-refractivity contribution is -0.131. The summed E-state index contributed by atoms with van der Waals surface area (Å²) in [7, 11) is 0. The fourth-order valence-corrected chi connectivity index (χ4v) is 3.14. The minimum atomic E-state index is -0.321. The SMILES string of the molecule is O=C(CSc1ncc(-c2ccc(F)cc2)o1)NCC(=O)N1CCCC1. The van der Waals surface area contributed by atoms with Gasteiger partial charge in [0.1, 0.15) is 5.82 Å². The van der Waals surface area contributed by atoms with Crippen molar-refractivity contribution in [1.82, 2.24) is 15.2 Å². The lowest BCUT2D eigenvalue weighted by Crippen LogP contribution is -2.39. The first-order valence-electron chi connectivity index (χ1n) is 8.01. The van der Waals surface area contributed by atoms with Gasteiger partial charge in [-0.1, -0.05) is 11.8 Å². The Balaban J connectivity index is 1.44. The number of carbonyl (C=O) groups excluding carboxylic acids is 2. The van der Waals surface area contributed by atoms with Gasteiger partial charge < -0.3 is 14.6 Å². The van der Waals surface area contributed by atoms with Crippen molar-refractivity contribution < 1.29 is 18.4 Å². The Morgan fingerprint density at radius 1 is 1.24 bits per heavy atom. The van der Waals surface area contributed by atoms with Crippen molar-refractivity contribution in [1.29, 1.82) is 0 Å². The lowest BCUT2D eigenvalue weighted by Gasteiger charge is -2.15. The van der Waals surface area contributed by atoms with Crippen LogP contribution in [0.4, 0.5) is 4.39 Å². The van der Waals surface area contributed by atoms with E-state index in [9.17, 15) is 14.0 Å². The summed E-state index contributed by atoms with van der Waals surface area (Å²) in [5.41, 5.74) is 0.710. The minimum Gasteiger partial charge on any atom is -0.431 e. The van der Waals surface area contributed by atoms with Crippen LogP contribution in [0, 0.1) is 5.82 Å². The third kappa shape index (κ3) is 4.82. The lowest BCUT2D eigenvalue weighted by atomic mass is 10.2. The number of benzene rings is 1. The van der Waals surface area contributed by atoms with Gasteiger partial charge in [0.2, 0.25) is 11.8 Å². The van der Waals surface area contributed by atoms with Crippen LogP contribution < -0.4 is 5.32 Å². The van der Waals surface area contributed by atoms with Gasteiger partial charge in [0.05, 0.1) is 18.5 Å². The Hall–Kier alpha value is -2.35. The number of hydrogen-bond donors (Lipinski definition) is 1. The largest absolute Gasteiger partial charge is 0.431 e. The molecule has 1 aromatic carbocycles. The molecule has 0 unspecified atom stereocenters. The molecule has 1 aromatic heterocycles. The predicted molar refractivity (Wildman–Crippen MR) is 91.4 cm³/mol. The molecule has 8 heteroatoms. The molecule has 1 aliphatic rings. The molecule has 25 heavy (non-hydrogen) atoms. The number of hydrogen-bond acceptors (Lipinski definition) is 5. The fraction of sp³-hybridized carbons (Fsp3) is 0.353. The van der Waals surface area contributed by atoms with E-state index in [1.54, 1.807) is 17.0 Å². The van der Waals surface area contributed by atoms with E-state index in [1.165, 1.54) is 18.3 Å². The second-order valence-corrected chi connectivity index (χ2v) is 6.58. The summed E-state index contributed by atoms with van der Waals surface area (Å²) in [5, 5.41) is 2.96. The first kappa shape index (κ1) is 17.5. The number of likely N-dealkylation sites (tertiary alicyclic amines) is 1. The highest BCUT2D eigenvalue weighted by molar-refractivity contribution is 7.99. The molecule has 0 bridgehead atoms. The molecule has 1 saturated heterocycles. The third-order valence-corrected chi connectivity index (χ3v) is 4.68. The molecule has 2 heterocycles. The van der Waals surface area contributed by atoms with Crippen LogP contribution in [-0.4, -0.2) is 47.1 Å². The number of aromatic nitrogens is 1. The van der Waals surface area contributed by atoms with E-state index in [-0.39, 0.29) is 29.9 Å². The van der Waals surface area contributed by atoms with Gasteiger partial charge >= 0.3 is 0 Å². The zero-order valence-corrected chi connectivity index (χ0v) is 14.4. The molecule has 1 N–H and O–H groups in total. The number of amides is 2. The molecule has 0 aliphatic carbocycles. The van der Waals surface area contributed by atoms with Gasteiger partial charge in [-0.05, 0) is 37.1 Å². The van der Waals surface area contributed by atoms with E-state index in [4.69, 9.17) is 4.42 Å². The summed E-state index contributed by atoms with van der Waals surface area (Å²) >= 11 is 1.14. The van der Waals surface area contributed by atoms with Crippen LogP contribution in [0.25, 0.3) is 11.3 Å². The van der Waals surface area contributed by atoms with Crippen molar-refractivity contribution in [3.8, 4) is 11.3 Å². The molecule has 6 nitrogen and oxygen atoms in total. The summed E-state index contributed by atoms with van der Waals surface area (Å²) in [4.78, 5) is 29.5. The van der Waals surface area contributed by atoms with Crippen LogP contribution in [0.1, 0.15) is 12.8 Å². The zero-order chi connectivity index (χ0) is 17.6. The van der Waals surface area contributed by atoms with Crippen LogP contribution in [-0.2, 0) is 9.59 Å². The maximum absolute atomic E-state index is 12.9. The molecule has 132 valence electrons. The second-order valence-electron chi connectivity index (χ2n) is 5.65. The van der Waals surface area contributed by atoms with Gasteiger partial charge in [-0.3, -0.25) is 9.59 Å². The molecule has 1 fully saturated rings. The molecule has 0 saturated carbocycles. The molecular weight excluding hydrogens is 345 g/mol. The first-order valence-corrected chi connectivity index (χ1v) is 8.99. The van der Waals surface area contributed by atoms with Gasteiger partial charge in [-0.25, -0.2) is 9.37 Å². The first-order chi connectivity index (χ1) is 12.1. The van der Waals surface area contributed by atoms with Crippen molar-refractivity contribution in [2.75, 3.05) is 25.4 Å². The molecular formula is C17H18FN3O3S. The zero-order valence-electron chi connectivity index (χ0n) is 13.5. The highest BCUT2D eigenvalue weighted by atomic mass is 32.2. The second kappa shape index (κ2) is 8.15. The van der Waals surface area contributed by atoms with Crippen molar-refractivity contribution >= 4 is 23.6 Å². The average Bonchev–Trinajstić information content (AvgIpc) is 3.30. The van der Waals surface area contributed by atoms with E-state index in [1.807, 2.05) is 0 Å². The Morgan fingerprint density at radius 2 is 1.96 bits per heavy atom. The van der Waals surface area contributed by atoms with Gasteiger partial charge in [-0.2, -0.15) is 0 Å². The van der Waals surface area contributed by atoms with Crippen LogP contribution in [0.2, 0.25) is 0 Å². The summed E-state index contributed by atoms with van der Waals surface area (Å²) in [6.45, 7) is 1.56. The summed E-state index contributed by atoms with van der Waals surface area (Å²) < 4.78 is 18.5. The van der Waals surface area contributed by atoms with Gasteiger partial charge in [0.15, 0.2) is 5.76 Å². The Bertz CT molecular complexity index is 742. The number of nitrogens with zero attached hydrogens (tertiary/aromatic N) is 2. The van der Waals surface area contributed by atoms with Crippen molar-refractivity contribution in [2.45, 2.75) is 18.1 Å². The highest BCUT2D eigenvalue weighted by Crippen LogP contribution is 2.25. The molecule has 0 spiro atoms. The normalized spacial score (nSPS) is 13.9. The fourth-order valence-electron chi connectivity index (χ4n) is 2.50. The smallest absolute Gasteiger partial charge is 0.256 e. The van der Waals surface area contributed by atoms with Crippen molar-refractivity contribution in [2.24, 2.45) is 0 Å². The minimum absolute atomic E-state index is 0.0196. The summed E-state index contributed by atoms with van der Waals surface area (Å²) in [6.07, 6.45) is 3.58. The molecule has 2 amide bonds. The standard InChI is InChI=1S/C17H18FN3O3S/c18-13-5-3-12(4-6-13)14-9-20-17(24-14)25-11-15(22)19-10-16(23)21-7-1-2-8-21/h3-6,9H,1-2,7-8,10-11H2,(H,19,22). The van der Waals surface area contributed by atoms with Crippen molar-refractivity contribution in [3.05, 3.63) is 36.3 Å². The average molecular weight is 363 g/mol. The topological polar surface area (TPSA) is 75.4 Å². The maximum atomic E-state index is 12.9. The summed E-state index contributed by atoms with van der Waals surface area (Å²) in [6, 6.07) is 5.88. The molecule has 1 aliphatic heterocycles. The number of halogens is 1. The molecule has 0 radical (unpaired) electrons. The van der Waals surface area contributed by atoms with E-state index >= 15 is 0 Å². The highest BCUT2D eigenvalue weighted by Gasteiger charge is 2.18. The molecule has 2 aromatic rings. The van der Waals surface area contributed by atoms with Crippen molar-refractivity contribution in [3.63, 3.8) is 0 Å². The predicted octanol–water partition coefficient (Wildman–Crippen LogP) is 2.31. The monoisotopic (exact) mass is 363 g/mol. The number of rotatable bonds is 6. The van der Waals surface area contributed by atoms with Gasteiger partial charge in [-0.15, -0.1) is 0 Å². The van der Waals surface area contributed by atoms with Gasteiger partial charge in [0.25, 0.3) is 5.22 Å². The summed E-state index contributed by atoms with van der Waals surface area (Å²) in [5.74, 6) is -0.00816. The van der Waals surface area contributed by atoms with Crippen LogP contribution in [0.5, 0.6) is 0 Å². The number of oxazole rings is 1. The van der Waals surface area contributed by atoms with Crippen LogP contribution in [0.15, 0.2) is 40.1 Å². The van der Waals surface area contributed by atoms with Gasteiger partial charge in [0, 0.05) is 18.7 Å². The Kier molecular flexibility index (Phi) is 5.70. The van der Waals surface area contributed by atoms with Crippen LogP contribution in [0.3, 0.4) is 0 Å². The Morgan fingerprint density at radius 3 is 2.68 bits per heavy atom. The van der Waals surface area contributed by atoms with E-state index in [0.29, 0.717) is 16.5 Å². The van der Waals surface area contributed by atoms with Crippen LogP contribution >= 0.6 is 11.8 Å². The molecule has 0 atom stereocenters. The number of nitrogens with one attached hydrogen (secondary N) is 1. The van der Waals surface area contributed by atoms with E-state index in [2.05, 4.69) is 10.3 Å². The quantitative estimate of drug-likeness (QED) is 0.797.